The van der Waals surface area contributed by atoms with Crippen LogP contribution in [0.3, 0.4) is 0 Å². The van der Waals surface area contributed by atoms with Crippen LogP contribution in [0.1, 0.15) is 49.7 Å². The average Bonchev–Trinajstić information content (AvgIpc) is 2.81. The molecule has 1 saturated heterocycles. The van der Waals surface area contributed by atoms with Gasteiger partial charge in [0.15, 0.2) is 0 Å². The van der Waals surface area contributed by atoms with E-state index in [4.69, 9.17) is 0 Å². The molecule has 1 fully saturated rings. The fourth-order valence-corrected chi connectivity index (χ4v) is 3.50. The summed E-state index contributed by atoms with van der Waals surface area (Å²) < 4.78 is 0. The van der Waals surface area contributed by atoms with Gasteiger partial charge in [-0.25, -0.2) is 0 Å². The number of nitrogens with one attached hydrogen (secondary N) is 1. The van der Waals surface area contributed by atoms with E-state index >= 15 is 0 Å². The van der Waals surface area contributed by atoms with E-state index in [1.54, 1.807) is 0 Å². The quantitative estimate of drug-likeness (QED) is 0.926. The first-order valence-electron chi connectivity index (χ1n) is 8.41. The zero-order valence-electron chi connectivity index (χ0n) is 12.8. The number of fused-ring (bicyclic) bond motifs is 1. The zero-order chi connectivity index (χ0) is 14.5. The van der Waals surface area contributed by atoms with E-state index in [1.165, 1.54) is 36.8 Å². The summed E-state index contributed by atoms with van der Waals surface area (Å²) in [5.74, 6) is 0.359. The Hall–Kier alpha value is -1.35. The number of amides is 1. The van der Waals surface area contributed by atoms with E-state index in [2.05, 4.69) is 34.5 Å². The van der Waals surface area contributed by atoms with Crippen molar-refractivity contribution in [1.82, 2.24) is 10.2 Å². The maximum absolute atomic E-state index is 12.3. The van der Waals surface area contributed by atoms with E-state index in [1.807, 2.05) is 0 Å². The highest BCUT2D eigenvalue weighted by molar-refractivity contribution is 5.76. The van der Waals surface area contributed by atoms with Crippen molar-refractivity contribution in [2.24, 2.45) is 0 Å². The van der Waals surface area contributed by atoms with Crippen LogP contribution in [-0.2, 0) is 17.8 Å². The second-order valence-electron chi connectivity index (χ2n) is 6.38. The fourth-order valence-electron chi connectivity index (χ4n) is 3.50. The Bertz CT molecular complexity index is 478. The van der Waals surface area contributed by atoms with Gasteiger partial charge in [-0.15, -0.1) is 0 Å². The zero-order valence-corrected chi connectivity index (χ0v) is 12.8. The van der Waals surface area contributed by atoms with Crippen LogP contribution in [0.2, 0.25) is 0 Å². The first-order valence-corrected chi connectivity index (χ1v) is 8.41. The molecule has 1 unspecified atom stereocenters. The molecule has 1 N–H and O–H groups in total. The lowest BCUT2D eigenvalue weighted by atomic mass is 9.93. The minimum absolute atomic E-state index is 0.359. The number of carbonyl (C=O) groups excluding carboxylic acids is 1. The van der Waals surface area contributed by atoms with Crippen LogP contribution in [0.4, 0.5) is 0 Å². The van der Waals surface area contributed by atoms with Gasteiger partial charge in [-0.3, -0.25) is 4.79 Å². The molecule has 0 aromatic heterocycles. The van der Waals surface area contributed by atoms with Crippen molar-refractivity contribution in [2.75, 3.05) is 13.1 Å². The van der Waals surface area contributed by atoms with Crippen LogP contribution in [0.5, 0.6) is 0 Å². The number of carbonyl (C=O) groups is 1. The van der Waals surface area contributed by atoms with E-state index in [-0.39, 0.29) is 0 Å². The number of benzene rings is 1. The Morgan fingerprint density at radius 2 is 1.81 bits per heavy atom. The Morgan fingerprint density at radius 3 is 2.57 bits per heavy atom. The number of hydrogen-bond acceptors (Lipinski definition) is 2. The second kappa shape index (κ2) is 7.08. The van der Waals surface area contributed by atoms with Gasteiger partial charge in [-0.1, -0.05) is 37.1 Å². The van der Waals surface area contributed by atoms with Gasteiger partial charge in [0.05, 0.1) is 0 Å². The fraction of sp³-hybridized carbons (Fsp3) is 0.611. The SMILES string of the molecule is O=C(CCC1Cc2ccccc2CN1)N1CCCCCC1. The van der Waals surface area contributed by atoms with Crippen molar-refractivity contribution in [2.45, 2.75) is 57.5 Å². The molecule has 0 saturated carbocycles. The number of hydrogen-bond donors (Lipinski definition) is 1. The van der Waals surface area contributed by atoms with Crippen LogP contribution in [0.15, 0.2) is 24.3 Å². The van der Waals surface area contributed by atoms with Crippen LogP contribution >= 0.6 is 0 Å². The Kier molecular flexibility index (Phi) is 4.91. The summed E-state index contributed by atoms with van der Waals surface area (Å²) >= 11 is 0. The molecule has 2 aliphatic rings. The third-order valence-corrected chi connectivity index (χ3v) is 4.83. The van der Waals surface area contributed by atoms with Crippen molar-refractivity contribution < 1.29 is 4.79 Å². The van der Waals surface area contributed by atoms with Gasteiger partial charge in [0, 0.05) is 32.1 Å². The van der Waals surface area contributed by atoms with Gasteiger partial charge < -0.3 is 10.2 Å². The molecule has 3 heteroatoms. The largest absolute Gasteiger partial charge is 0.343 e. The minimum atomic E-state index is 0.359. The monoisotopic (exact) mass is 286 g/mol. The summed E-state index contributed by atoms with van der Waals surface area (Å²) in [5.41, 5.74) is 2.86. The van der Waals surface area contributed by atoms with Crippen molar-refractivity contribution in [3.8, 4) is 0 Å². The molecule has 1 amide bonds. The van der Waals surface area contributed by atoms with E-state index in [0.717, 1.165) is 32.5 Å². The Morgan fingerprint density at radius 1 is 1.10 bits per heavy atom. The number of nitrogens with zero attached hydrogens (tertiary/aromatic N) is 1. The summed E-state index contributed by atoms with van der Waals surface area (Å²) in [4.78, 5) is 14.4. The predicted octanol–water partition coefficient (Wildman–Crippen LogP) is 2.88. The van der Waals surface area contributed by atoms with Crippen molar-refractivity contribution in [3.05, 3.63) is 35.4 Å². The lowest BCUT2D eigenvalue weighted by molar-refractivity contribution is -0.131. The summed E-state index contributed by atoms with van der Waals surface area (Å²) in [6, 6.07) is 9.09. The second-order valence-corrected chi connectivity index (χ2v) is 6.38. The van der Waals surface area contributed by atoms with Gasteiger partial charge in [-0.2, -0.15) is 0 Å². The third-order valence-electron chi connectivity index (χ3n) is 4.83. The molecule has 114 valence electrons. The molecule has 2 heterocycles. The van der Waals surface area contributed by atoms with E-state index in [0.29, 0.717) is 18.4 Å². The lowest BCUT2D eigenvalue weighted by Gasteiger charge is -2.27. The summed E-state index contributed by atoms with van der Waals surface area (Å²) in [7, 11) is 0. The topological polar surface area (TPSA) is 32.3 Å². The van der Waals surface area contributed by atoms with Crippen molar-refractivity contribution in [1.29, 1.82) is 0 Å². The Labute approximate surface area is 127 Å². The van der Waals surface area contributed by atoms with Crippen LogP contribution in [0, 0.1) is 0 Å². The molecule has 21 heavy (non-hydrogen) atoms. The van der Waals surface area contributed by atoms with E-state index in [9.17, 15) is 4.79 Å². The predicted molar refractivity (Wildman–Crippen MR) is 85.1 cm³/mol. The molecule has 2 aliphatic heterocycles. The molecule has 0 spiro atoms. The first kappa shape index (κ1) is 14.6. The molecule has 0 radical (unpaired) electrons. The normalized spacial score (nSPS) is 22.5. The van der Waals surface area contributed by atoms with Crippen LogP contribution < -0.4 is 5.32 Å². The van der Waals surface area contributed by atoms with E-state index < -0.39 is 0 Å². The molecule has 1 aromatic rings. The van der Waals surface area contributed by atoms with Crippen LogP contribution in [-0.4, -0.2) is 29.9 Å². The Balaban J connectivity index is 1.48. The van der Waals surface area contributed by atoms with Crippen LogP contribution in [0.25, 0.3) is 0 Å². The maximum atomic E-state index is 12.3. The molecule has 3 rings (SSSR count). The standard InChI is InChI=1S/C18H26N2O/c21-18(20-11-5-1-2-6-12-20)10-9-17-13-15-7-3-4-8-16(15)14-19-17/h3-4,7-8,17,19H,1-2,5-6,9-14H2. The smallest absolute Gasteiger partial charge is 0.222 e. The molecule has 1 atom stereocenters. The van der Waals surface area contributed by atoms with Gasteiger partial charge in [0.1, 0.15) is 0 Å². The molecule has 1 aromatic carbocycles. The molecule has 3 nitrogen and oxygen atoms in total. The maximum Gasteiger partial charge on any atom is 0.222 e. The molecule has 0 aliphatic carbocycles. The van der Waals surface area contributed by atoms with Gasteiger partial charge in [-0.05, 0) is 36.8 Å². The highest BCUT2D eigenvalue weighted by atomic mass is 16.2. The lowest BCUT2D eigenvalue weighted by Crippen LogP contribution is -2.38. The van der Waals surface area contributed by atoms with Gasteiger partial charge >= 0.3 is 0 Å². The van der Waals surface area contributed by atoms with Crippen molar-refractivity contribution in [3.63, 3.8) is 0 Å². The third kappa shape index (κ3) is 3.85. The highest BCUT2D eigenvalue weighted by Crippen LogP contribution is 2.19. The number of likely N-dealkylation sites (tertiary alicyclic amines) is 1. The van der Waals surface area contributed by atoms with Crippen molar-refractivity contribution >= 4 is 5.91 Å². The highest BCUT2D eigenvalue weighted by Gasteiger charge is 2.20. The minimum Gasteiger partial charge on any atom is -0.343 e. The first-order chi connectivity index (χ1) is 10.3. The average molecular weight is 286 g/mol. The number of rotatable bonds is 3. The van der Waals surface area contributed by atoms with Gasteiger partial charge in [0.2, 0.25) is 5.91 Å². The molecular weight excluding hydrogens is 260 g/mol. The summed E-state index contributed by atoms with van der Waals surface area (Å²) in [6.07, 6.45) is 7.64. The molecular formula is C18H26N2O. The molecule has 0 bridgehead atoms. The summed E-state index contributed by atoms with van der Waals surface area (Å²) in [6.45, 7) is 2.89. The summed E-state index contributed by atoms with van der Waals surface area (Å²) in [5, 5.41) is 3.58. The van der Waals surface area contributed by atoms with Gasteiger partial charge in [0.25, 0.3) is 0 Å².